The Hall–Kier alpha value is -1.40. The predicted molar refractivity (Wildman–Crippen MR) is 97.1 cm³/mol. The van der Waals surface area contributed by atoms with Crippen LogP contribution in [0.15, 0.2) is 5.38 Å². The van der Waals surface area contributed by atoms with Crippen LogP contribution in [0.5, 0.6) is 0 Å². The van der Waals surface area contributed by atoms with E-state index in [1.54, 1.807) is 4.68 Å². The molecule has 1 unspecified atom stereocenters. The summed E-state index contributed by atoms with van der Waals surface area (Å²) in [6.07, 6.45) is 4.84. The predicted octanol–water partition coefficient (Wildman–Crippen LogP) is 3.93. The largest absolute Gasteiger partial charge is 0.339 e. The molecule has 130 valence electrons. The maximum atomic E-state index is 12.7. The number of likely N-dealkylation sites (tertiary alicyclic amines) is 1. The molecule has 0 N–H and O–H groups in total. The third kappa shape index (κ3) is 3.35. The van der Waals surface area contributed by atoms with E-state index < -0.39 is 0 Å². The Morgan fingerprint density at radius 3 is 2.88 bits per heavy atom. The van der Waals surface area contributed by atoms with E-state index in [9.17, 15) is 4.79 Å². The van der Waals surface area contributed by atoms with Crippen LogP contribution in [0.1, 0.15) is 49.7 Å². The zero-order chi connectivity index (χ0) is 17.3. The molecule has 0 saturated carbocycles. The summed E-state index contributed by atoms with van der Waals surface area (Å²) in [5.74, 6) is 0.185. The molecule has 24 heavy (non-hydrogen) atoms. The number of thiazole rings is 1. The van der Waals surface area contributed by atoms with Crippen molar-refractivity contribution in [3.05, 3.63) is 27.5 Å². The van der Waals surface area contributed by atoms with E-state index >= 15 is 0 Å². The standard InChI is InChI=1S/C17H23ClN4OS/c1-4-14-7-5-6-8-21(14)15(23)9-13-10-24-17(19-13)22-12(3)16(18)11(2)20-22/h10,14H,4-9H2,1-3H3. The summed E-state index contributed by atoms with van der Waals surface area (Å²) in [6, 6.07) is 0.388. The first kappa shape index (κ1) is 17.4. The van der Waals surface area contributed by atoms with Gasteiger partial charge in [-0.1, -0.05) is 18.5 Å². The van der Waals surface area contributed by atoms with Crippen LogP contribution in [0.3, 0.4) is 0 Å². The summed E-state index contributed by atoms with van der Waals surface area (Å²) < 4.78 is 1.76. The van der Waals surface area contributed by atoms with Crippen LogP contribution in [-0.2, 0) is 11.2 Å². The zero-order valence-corrected chi connectivity index (χ0v) is 16.0. The lowest BCUT2D eigenvalue weighted by Crippen LogP contribution is -2.44. The number of aryl methyl sites for hydroxylation is 1. The highest BCUT2D eigenvalue weighted by Crippen LogP contribution is 2.25. The summed E-state index contributed by atoms with van der Waals surface area (Å²) >= 11 is 7.70. The van der Waals surface area contributed by atoms with Crippen LogP contribution in [0.4, 0.5) is 0 Å². The van der Waals surface area contributed by atoms with Crippen molar-refractivity contribution in [2.45, 2.75) is 58.9 Å². The molecule has 1 saturated heterocycles. The number of aromatic nitrogens is 3. The van der Waals surface area contributed by atoms with Gasteiger partial charge in [0.15, 0.2) is 0 Å². The molecule has 7 heteroatoms. The van der Waals surface area contributed by atoms with E-state index in [1.807, 2.05) is 24.1 Å². The quantitative estimate of drug-likeness (QED) is 0.823. The first-order chi connectivity index (χ1) is 11.5. The lowest BCUT2D eigenvalue weighted by molar-refractivity contribution is -0.134. The summed E-state index contributed by atoms with van der Waals surface area (Å²) in [7, 11) is 0. The van der Waals surface area contributed by atoms with E-state index in [0.29, 0.717) is 17.5 Å². The van der Waals surface area contributed by atoms with Gasteiger partial charge in [0.1, 0.15) is 0 Å². The van der Waals surface area contributed by atoms with Crippen molar-refractivity contribution in [2.24, 2.45) is 0 Å². The molecular weight excluding hydrogens is 344 g/mol. The molecule has 0 radical (unpaired) electrons. The smallest absolute Gasteiger partial charge is 0.228 e. The number of carbonyl (C=O) groups is 1. The minimum Gasteiger partial charge on any atom is -0.339 e. The summed E-state index contributed by atoms with van der Waals surface area (Å²) in [5, 5.41) is 7.80. The second-order valence-electron chi connectivity index (χ2n) is 6.34. The molecule has 2 aromatic rings. The van der Waals surface area contributed by atoms with Crippen molar-refractivity contribution in [3.8, 4) is 5.13 Å². The van der Waals surface area contributed by atoms with Gasteiger partial charge in [-0.05, 0) is 39.5 Å². The molecule has 0 aromatic carbocycles. The van der Waals surface area contributed by atoms with Crippen molar-refractivity contribution < 1.29 is 4.79 Å². The van der Waals surface area contributed by atoms with Crippen LogP contribution in [-0.4, -0.2) is 38.2 Å². The van der Waals surface area contributed by atoms with E-state index in [-0.39, 0.29) is 5.91 Å². The Bertz CT molecular complexity index is 739. The maximum Gasteiger partial charge on any atom is 0.228 e. The minimum atomic E-state index is 0.185. The van der Waals surface area contributed by atoms with E-state index in [0.717, 1.165) is 48.0 Å². The van der Waals surface area contributed by atoms with Crippen LogP contribution >= 0.6 is 22.9 Å². The van der Waals surface area contributed by atoms with Gasteiger partial charge in [-0.25, -0.2) is 9.67 Å². The highest BCUT2D eigenvalue weighted by molar-refractivity contribution is 7.12. The molecule has 1 fully saturated rings. The number of hydrogen-bond acceptors (Lipinski definition) is 4. The molecule has 1 atom stereocenters. The molecule has 0 bridgehead atoms. The molecular formula is C17H23ClN4OS. The van der Waals surface area contributed by atoms with Crippen molar-refractivity contribution in [3.63, 3.8) is 0 Å². The lowest BCUT2D eigenvalue weighted by atomic mass is 9.99. The molecule has 3 heterocycles. The number of rotatable bonds is 4. The number of piperidine rings is 1. The molecule has 2 aromatic heterocycles. The topological polar surface area (TPSA) is 51.0 Å². The second kappa shape index (κ2) is 7.23. The fraction of sp³-hybridized carbons (Fsp3) is 0.588. The normalized spacial score (nSPS) is 18.2. The fourth-order valence-corrected chi connectivity index (χ4v) is 4.24. The summed E-state index contributed by atoms with van der Waals surface area (Å²) in [5.41, 5.74) is 2.48. The van der Waals surface area contributed by atoms with Crippen molar-refractivity contribution in [1.29, 1.82) is 0 Å². The van der Waals surface area contributed by atoms with Crippen LogP contribution in [0.25, 0.3) is 5.13 Å². The molecule has 0 spiro atoms. The Labute approximate surface area is 151 Å². The van der Waals surface area contributed by atoms with Gasteiger partial charge in [0.05, 0.1) is 28.5 Å². The average molecular weight is 367 g/mol. The third-order valence-electron chi connectivity index (χ3n) is 4.67. The molecule has 1 aliphatic heterocycles. The number of hydrogen-bond donors (Lipinski definition) is 0. The SMILES string of the molecule is CCC1CCCCN1C(=O)Cc1csc(-n2nc(C)c(Cl)c2C)n1. The van der Waals surface area contributed by atoms with Gasteiger partial charge < -0.3 is 4.90 Å². The summed E-state index contributed by atoms with van der Waals surface area (Å²) in [6.45, 7) is 6.84. The number of nitrogens with zero attached hydrogens (tertiary/aromatic N) is 4. The van der Waals surface area contributed by atoms with E-state index in [4.69, 9.17) is 11.6 Å². The number of halogens is 1. The molecule has 5 nitrogen and oxygen atoms in total. The van der Waals surface area contributed by atoms with Crippen molar-refractivity contribution in [2.75, 3.05) is 6.54 Å². The van der Waals surface area contributed by atoms with Gasteiger partial charge in [-0.15, -0.1) is 11.3 Å². The maximum absolute atomic E-state index is 12.7. The van der Waals surface area contributed by atoms with Crippen LogP contribution in [0.2, 0.25) is 5.02 Å². The van der Waals surface area contributed by atoms with Crippen LogP contribution in [0, 0.1) is 13.8 Å². The monoisotopic (exact) mass is 366 g/mol. The minimum absolute atomic E-state index is 0.185. The molecule has 1 aliphatic rings. The number of carbonyl (C=O) groups excluding carboxylic acids is 1. The Morgan fingerprint density at radius 1 is 1.42 bits per heavy atom. The average Bonchev–Trinajstić information content (AvgIpc) is 3.15. The Morgan fingerprint density at radius 2 is 2.21 bits per heavy atom. The molecule has 1 amide bonds. The van der Waals surface area contributed by atoms with Crippen molar-refractivity contribution in [1.82, 2.24) is 19.7 Å². The zero-order valence-electron chi connectivity index (χ0n) is 14.4. The van der Waals surface area contributed by atoms with E-state index in [2.05, 4.69) is 17.0 Å². The Balaban J connectivity index is 1.74. The highest BCUT2D eigenvalue weighted by atomic mass is 35.5. The first-order valence-electron chi connectivity index (χ1n) is 8.47. The third-order valence-corrected chi connectivity index (χ3v) is 6.09. The van der Waals surface area contributed by atoms with Gasteiger partial charge in [0, 0.05) is 18.0 Å². The lowest BCUT2D eigenvalue weighted by Gasteiger charge is -2.35. The second-order valence-corrected chi connectivity index (χ2v) is 7.55. The van der Waals surface area contributed by atoms with Gasteiger partial charge in [-0.3, -0.25) is 4.79 Å². The first-order valence-corrected chi connectivity index (χ1v) is 9.73. The highest BCUT2D eigenvalue weighted by Gasteiger charge is 2.26. The fourth-order valence-electron chi connectivity index (χ4n) is 3.29. The van der Waals surface area contributed by atoms with Gasteiger partial charge in [0.2, 0.25) is 11.0 Å². The van der Waals surface area contributed by atoms with Gasteiger partial charge >= 0.3 is 0 Å². The number of amides is 1. The molecule has 0 aliphatic carbocycles. The van der Waals surface area contributed by atoms with Crippen LogP contribution < -0.4 is 0 Å². The van der Waals surface area contributed by atoms with Gasteiger partial charge in [-0.2, -0.15) is 5.10 Å². The summed E-state index contributed by atoms with van der Waals surface area (Å²) in [4.78, 5) is 19.3. The van der Waals surface area contributed by atoms with Crippen molar-refractivity contribution >= 4 is 28.8 Å². The molecule has 3 rings (SSSR count). The van der Waals surface area contributed by atoms with Gasteiger partial charge in [0.25, 0.3) is 0 Å². The van der Waals surface area contributed by atoms with E-state index in [1.165, 1.54) is 17.8 Å². The Kier molecular flexibility index (Phi) is 5.25.